The molecule has 1 aromatic carbocycles. The Morgan fingerprint density at radius 2 is 2.33 bits per heavy atom. The summed E-state index contributed by atoms with van der Waals surface area (Å²) in [5, 5.41) is 15.0. The lowest BCUT2D eigenvalue weighted by molar-refractivity contribution is 0.639. The summed E-state index contributed by atoms with van der Waals surface area (Å²) >= 11 is 0. The van der Waals surface area contributed by atoms with Crippen LogP contribution < -0.4 is 0 Å². The molecule has 0 saturated carbocycles. The first kappa shape index (κ1) is 6.80. The molecule has 0 spiro atoms. The van der Waals surface area contributed by atoms with Crippen molar-refractivity contribution in [1.29, 1.82) is 5.26 Å². The molecule has 1 aromatic heterocycles. The highest BCUT2D eigenvalue weighted by molar-refractivity contribution is 5.83. The van der Waals surface area contributed by atoms with Crippen LogP contribution >= 0.6 is 0 Å². The van der Waals surface area contributed by atoms with Crippen LogP contribution in [0.5, 0.6) is 0 Å². The summed E-state index contributed by atoms with van der Waals surface area (Å²) in [5.41, 5.74) is 0.648. The van der Waals surface area contributed by atoms with E-state index >= 15 is 0 Å². The molecule has 0 fully saturated rings. The molecule has 0 radical (unpaired) electrons. The number of hydrogen-bond acceptors (Lipinski definition) is 2. The number of hydrogen-bond donors (Lipinski definition) is 1. The van der Waals surface area contributed by atoms with Crippen LogP contribution in [0.25, 0.3) is 10.9 Å². The SMILES string of the molecule is N#Cc1n[nH]c2cccc(F)c12. The smallest absolute Gasteiger partial charge is 0.173 e. The molecule has 0 aliphatic carbocycles. The Bertz CT molecular complexity index is 467. The van der Waals surface area contributed by atoms with Gasteiger partial charge in [0.1, 0.15) is 11.9 Å². The van der Waals surface area contributed by atoms with Crippen molar-refractivity contribution in [1.82, 2.24) is 10.2 Å². The first-order chi connectivity index (χ1) is 5.83. The lowest BCUT2D eigenvalue weighted by atomic mass is 10.2. The van der Waals surface area contributed by atoms with Gasteiger partial charge in [0, 0.05) is 0 Å². The van der Waals surface area contributed by atoms with E-state index in [0.29, 0.717) is 5.52 Å². The van der Waals surface area contributed by atoms with Crippen molar-refractivity contribution < 1.29 is 4.39 Å². The summed E-state index contributed by atoms with van der Waals surface area (Å²) in [6.07, 6.45) is 0. The normalized spacial score (nSPS) is 10.0. The third kappa shape index (κ3) is 0.768. The zero-order valence-corrected chi connectivity index (χ0v) is 6.00. The number of aromatic nitrogens is 2. The van der Waals surface area contributed by atoms with E-state index in [1.165, 1.54) is 6.07 Å². The van der Waals surface area contributed by atoms with Crippen molar-refractivity contribution in [3.63, 3.8) is 0 Å². The molecule has 0 saturated heterocycles. The van der Waals surface area contributed by atoms with Gasteiger partial charge in [0.05, 0.1) is 10.9 Å². The van der Waals surface area contributed by atoms with Crippen molar-refractivity contribution in [2.45, 2.75) is 0 Å². The summed E-state index contributed by atoms with van der Waals surface area (Å²) in [6, 6.07) is 6.35. The van der Waals surface area contributed by atoms with Crippen LogP contribution in [-0.4, -0.2) is 10.2 Å². The predicted molar refractivity (Wildman–Crippen MR) is 40.8 cm³/mol. The first-order valence-electron chi connectivity index (χ1n) is 3.35. The van der Waals surface area contributed by atoms with Crippen molar-refractivity contribution in [2.24, 2.45) is 0 Å². The van der Waals surface area contributed by atoms with Crippen molar-refractivity contribution in [3.8, 4) is 6.07 Å². The summed E-state index contributed by atoms with van der Waals surface area (Å²) in [4.78, 5) is 0. The van der Waals surface area contributed by atoms with E-state index in [-0.39, 0.29) is 11.1 Å². The van der Waals surface area contributed by atoms with E-state index in [9.17, 15) is 4.39 Å². The average Bonchev–Trinajstić information content (AvgIpc) is 2.49. The van der Waals surface area contributed by atoms with Crippen LogP contribution in [0.15, 0.2) is 18.2 Å². The minimum Gasteiger partial charge on any atom is -0.276 e. The molecule has 1 heterocycles. The highest BCUT2D eigenvalue weighted by Gasteiger charge is 2.08. The van der Waals surface area contributed by atoms with Gasteiger partial charge in [-0.3, -0.25) is 5.10 Å². The quantitative estimate of drug-likeness (QED) is 0.637. The predicted octanol–water partition coefficient (Wildman–Crippen LogP) is 1.57. The zero-order chi connectivity index (χ0) is 8.55. The van der Waals surface area contributed by atoms with Crippen LogP contribution in [0.2, 0.25) is 0 Å². The Balaban J connectivity index is 2.95. The Kier molecular flexibility index (Phi) is 1.31. The van der Waals surface area contributed by atoms with Gasteiger partial charge in [0.2, 0.25) is 0 Å². The first-order valence-corrected chi connectivity index (χ1v) is 3.35. The summed E-state index contributed by atoms with van der Waals surface area (Å²) < 4.78 is 13.1. The zero-order valence-electron chi connectivity index (χ0n) is 6.00. The number of nitriles is 1. The maximum atomic E-state index is 13.1. The highest BCUT2D eigenvalue weighted by Crippen LogP contribution is 2.17. The second-order valence-corrected chi connectivity index (χ2v) is 2.35. The Morgan fingerprint density at radius 3 is 3.08 bits per heavy atom. The number of rotatable bonds is 0. The van der Waals surface area contributed by atoms with Gasteiger partial charge in [-0.1, -0.05) is 6.07 Å². The number of nitrogens with one attached hydrogen (secondary N) is 1. The molecule has 0 aliphatic rings. The van der Waals surface area contributed by atoms with Crippen LogP contribution in [-0.2, 0) is 0 Å². The fourth-order valence-electron chi connectivity index (χ4n) is 1.11. The number of nitrogens with zero attached hydrogens (tertiary/aromatic N) is 2. The van der Waals surface area contributed by atoms with Crippen molar-refractivity contribution in [2.75, 3.05) is 0 Å². The molecule has 3 nitrogen and oxygen atoms in total. The van der Waals surface area contributed by atoms with Gasteiger partial charge in [-0.15, -0.1) is 0 Å². The van der Waals surface area contributed by atoms with Gasteiger partial charge < -0.3 is 0 Å². The summed E-state index contributed by atoms with van der Waals surface area (Å²) in [6.45, 7) is 0. The number of fused-ring (bicyclic) bond motifs is 1. The third-order valence-corrected chi connectivity index (χ3v) is 1.64. The fourth-order valence-corrected chi connectivity index (χ4v) is 1.11. The lowest BCUT2D eigenvalue weighted by Crippen LogP contribution is -1.77. The van der Waals surface area contributed by atoms with Gasteiger partial charge in [0.25, 0.3) is 0 Å². The number of H-pyrrole nitrogens is 1. The molecule has 0 unspecified atom stereocenters. The maximum absolute atomic E-state index is 13.1. The molecule has 0 aliphatic heterocycles. The molecular weight excluding hydrogens is 157 g/mol. The standard InChI is InChI=1S/C8H4FN3/c9-5-2-1-3-6-8(5)7(4-10)12-11-6/h1-3H,(H,11,12). The second kappa shape index (κ2) is 2.31. The van der Waals surface area contributed by atoms with Crippen molar-refractivity contribution >= 4 is 10.9 Å². The van der Waals surface area contributed by atoms with Gasteiger partial charge >= 0.3 is 0 Å². The molecule has 0 amide bonds. The van der Waals surface area contributed by atoms with E-state index in [2.05, 4.69) is 10.2 Å². The minimum absolute atomic E-state index is 0.100. The Labute approximate surface area is 67.4 Å². The van der Waals surface area contributed by atoms with Gasteiger partial charge in [-0.25, -0.2) is 4.39 Å². The molecule has 0 bridgehead atoms. The molecule has 0 atom stereocenters. The molecule has 4 heteroatoms. The molecule has 1 N–H and O–H groups in total. The Hall–Kier alpha value is -1.89. The number of halogens is 1. The van der Waals surface area contributed by atoms with Crippen LogP contribution in [0, 0.1) is 17.1 Å². The highest BCUT2D eigenvalue weighted by atomic mass is 19.1. The van der Waals surface area contributed by atoms with Crippen LogP contribution in [0.1, 0.15) is 5.69 Å². The third-order valence-electron chi connectivity index (χ3n) is 1.64. The van der Waals surface area contributed by atoms with E-state index < -0.39 is 5.82 Å². The fraction of sp³-hybridized carbons (Fsp3) is 0. The molecule has 12 heavy (non-hydrogen) atoms. The van der Waals surface area contributed by atoms with Gasteiger partial charge in [0.15, 0.2) is 5.69 Å². The average molecular weight is 161 g/mol. The van der Waals surface area contributed by atoms with E-state index in [0.717, 1.165) is 0 Å². The topological polar surface area (TPSA) is 52.5 Å². The van der Waals surface area contributed by atoms with E-state index in [1.54, 1.807) is 12.1 Å². The number of benzene rings is 1. The van der Waals surface area contributed by atoms with E-state index in [4.69, 9.17) is 5.26 Å². The lowest BCUT2D eigenvalue weighted by Gasteiger charge is -1.88. The van der Waals surface area contributed by atoms with Crippen molar-refractivity contribution in [3.05, 3.63) is 29.7 Å². The molecule has 58 valence electrons. The van der Waals surface area contributed by atoms with Gasteiger partial charge in [-0.2, -0.15) is 10.4 Å². The van der Waals surface area contributed by atoms with Crippen LogP contribution in [0.4, 0.5) is 4.39 Å². The molecule has 2 aromatic rings. The second-order valence-electron chi connectivity index (χ2n) is 2.35. The van der Waals surface area contributed by atoms with Gasteiger partial charge in [-0.05, 0) is 12.1 Å². The molecular formula is C8H4FN3. The Morgan fingerprint density at radius 1 is 1.50 bits per heavy atom. The minimum atomic E-state index is -0.419. The maximum Gasteiger partial charge on any atom is 0.173 e. The monoisotopic (exact) mass is 161 g/mol. The van der Waals surface area contributed by atoms with E-state index in [1.807, 2.05) is 6.07 Å². The number of aromatic amines is 1. The van der Waals surface area contributed by atoms with Crippen LogP contribution in [0.3, 0.4) is 0 Å². The largest absolute Gasteiger partial charge is 0.276 e. The molecule has 2 rings (SSSR count). The summed E-state index contributed by atoms with van der Waals surface area (Å²) in [5.74, 6) is -0.419. The summed E-state index contributed by atoms with van der Waals surface area (Å²) in [7, 11) is 0.